The van der Waals surface area contributed by atoms with Gasteiger partial charge >= 0.3 is 0 Å². The van der Waals surface area contributed by atoms with Crippen LogP contribution in [0.5, 0.6) is 0 Å². The third-order valence-corrected chi connectivity index (χ3v) is 4.73. The fourth-order valence-electron chi connectivity index (χ4n) is 3.68. The molecular formula is C20H18O. The largest absolute Gasteiger partial charge is 0.299 e. The van der Waals surface area contributed by atoms with E-state index in [1.54, 1.807) is 0 Å². The average molecular weight is 274 g/mol. The van der Waals surface area contributed by atoms with E-state index in [4.69, 9.17) is 0 Å². The van der Waals surface area contributed by atoms with Crippen molar-refractivity contribution in [2.24, 2.45) is 0 Å². The molecule has 1 nitrogen and oxygen atoms in total. The molecule has 1 unspecified atom stereocenters. The molecule has 1 aliphatic carbocycles. The fraction of sp³-hybridized carbons (Fsp3) is 0.250. The summed E-state index contributed by atoms with van der Waals surface area (Å²) in [5.74, 6) is 0.509. The van der Waals surface area contributed by atoms with E-state index in [1.807, 2.05) is 0 Å². The Balaban J connectivity index is 2.04. The molecule has 0 amide bonds. The quantitative estimate of drug-likeness (QED) is 0.556. The Hall–Kier alpha value is -2.15. The van der Waals surface area contributed by atoms with E-state index in [0.717, 1.165) is 25.7 Å². The van der Waals surface area contributed by atoms with Crippen LogP contribution in [-0.4, -0.2) is 5.78 Å². The van der Waals surface area contributed by atoms with Crippen LogP contribution < -0.4 is 0 Å². The van der Waals surface area contributed by atoms with Crippen LogP contribution in [-0.2, 0) is 4.79 Å². The number of hydrogen-bond donors (Lipinski definition) is 0. The molecule has 1 fully saturated rings. The standard InChI is InChI=1S/C20H18O/c21-20-12-6-5-11-18(20)19-13-14-7-1-2-8-15(14)16-9-3-4-10-17(16)19/h1-4,7-10,13,18H,5-6,11-12H2. The molecule has 1 aliphatic rings. The van der Waals surface area contributed by atoms with Gasteiger partial charge in [0.15, 0.2) is 0 Å². The number of ketones is 1. The lowest BCUT2D eigenvalue weighted by molar-refractivity contribution is -0.121. The van der Waals surface area contributed by atoms with Gasteiger partial charge in [0.1, 0.15) is 5.78 Å². The maximum atomic E-state index is 12.4. The molecule has 0 aromatic heterocycles. The SMILES string of the molecule is O=C1CCCCC1c1cc2ccccc2c2ccccc12. The zero-order chi connectivity index (χ0) is 14.2. The number of carbonyl (C=O) groups excluding carboxylic acids is 1. The van der Waals surface area contributed by atoms with Crippen molar-refractivity contribution in [2.75, 3.05) is 0 Å². The molecule has 21 heavy (non-hydrogen) atoms. The Morgan fingerprint density at radius 3 is 2.33 bits per heavy atom. The average Bonchev–Trinajstić information content (AvgIpc) is 2.55. The maximum Gasteiger partial charge on any atom is 0.140 e. The number of fused-ring (bicyclic) bond motifs is 3. The molecule has 1 saturated carbocycles. The molecule has 0 aliphatic heterocycles. The second kappa shape index (κ2) is 5.00. The van der Waals surface area contributed by atoms with Crippen LogP contribution >= 0.6 is 0 Å². The van der Waals surface area contributed by atoms with Gasteiger partial charge in [0.05, 0.1) is 0 Å². The Morgan fingerprint density at radius 2 is 1.52 bits per heavy atom. The first-order chi connectivity index (χ1) is 10.3. The first kappa shape index (κ1) is 12.6. The van der Waals surface area contributed by atoms with E-state index in [9.17, 15) is 4.79 Å². The topological polar surface area (TPSA) is 17.1 Å². The highest BCUT2D eigenvalue weighted by Crippen LogP contribution is 2.37. The number of Topliss-reactive ketones (excluding diaryl/α,β-unsaturated/α-hetero) is 1. The van der Waals surface area contributed by atoms with Gasteiger partial charge in [0.2, 0.25) is 0 Å². The monoisotopic (exact) mass is 274 g/mol. The summed E-state index contributed by atoms with van der Waals surface area (Å²) >= 11 is 0. The predicted octanol–water partition coefficient (Wildman–Crippen LogP) is 5.22. The van der Waals surface area contributed by atoms with E-state index < -0.39 is 0 Å². The molecule has 0 radical (unpaired) electrons. The van der Waals surface area contributed by atoms with Crippen LogP contribution in [0, 0.1) is 0 Å². The van der Waals surface area contributed by atoms with Gasteiger partial charge < -0.3 is 0 Å². The van der Waals surface area contributed by atoms with Gasteiger partial charge in [0, 0.05) is 12.3 Å². The summed E-state index contributed by atoms with van der Waals surface area (Å²) in [6.45, 7) is 0. The van der Waals surface area contributed by atoms with Crippen molar-refractivity contribution in [1.82, 2.24) is 0 Å². The molecular weight excluding hydrogens is 256 g/mol. The first-order valence-corrected chi connectivity index (χ1v) is 7.78. The zero-order valence-corrected chi connectivity index (χ0v) is 12.0. The van der Waals surface area contributed by atoms with E-state index in [0.29, 0.717) is 5.78 Å². The molecule has 0 saturated heterocycles. The van der Waals surface area contributed by atoms with E-state index in [1.165, 1.54) is 27.1 Å². The molecule has 0 bridgehead atoms. The molecule has 0 heterocycles. The van der Waals surface area contributed by atoms with Gasteiger partial charge in [-0.05, 0) is 46.0 Å². The molecule has 1 heteroatoms. The Morgan fingerprint density at radius 1 is 0.810 bits per heavy atom. The third kappa shape index (κ3) is 2.04. The van der Waals surface area contributed by atoms with Crippen molar-refractivity contribution in [3.05, 3.63) is 60.2 Å². The van der Waals surface area contributed by atoms with Crippen LogP contribution in [0.15, 0.2) is 54.6 Å². The summed E-state index contributed by atoms with van der Waals surface area (Å²) in [6.07, 6.45) is 3.96. The van der Waals surface area contributed by atoms with Crippen LogP contribution in [0.4, 0.5) is 0 Å². The van der Waals surface area contributed by atoms with Crippen molar-refractivity contribution in [3.63, 3.8) is 0 Å². The summed E-state index contributed by atoms with van der Waals surface area (Å²) in [5, 5.41) is 5.03. The summed E-state index contributed by atoms with van der Waals surface area (Å²) in [7, 11) is 0. The Bertz CT molecular complexity index is 831. The van der Waals surface area contributed by atoms with Crippen LogP contribution in [0.2, 0.25) is 0 Å². The summed E-state index contributed by atoms with van der Waals surface area (Å²) in [4.78, 5) is 12.4. The molecule has 0 spiro atoms. The highest BCUT2D eigenvalue weighted by molar-refractivity contribution is 6.10. The highest BCUT2D eigenvalue weighted by atomic mass is 16.1. The maximum absolute atomic E-state index is 12.4. The molecule has 0 N–H and O–H groups in total. The minimum atomic E-state index is 0.0910. The predicted molar refractivity (Wildman–Crippen MR) is 87.7 cm³/mol. The number of hydrogen-bond acceptors (Lipinski definition) is 1. The number of rotatable bonds is 1. The van der Waals surface area contributed by atoms with Gasteiger partial charge in [-0.2, -0.15) is 0 Å². The fourth-order valence-corrected chi connectivity index (χ4v) is 3.68. The molecule has 1 atom stereocenters. The van der Waals surface area contributed by atoms with Crippen molar-refractivity contribution in [1.29, 1.82) is 0 Å². The third-order valence-electron chi connectivity index (χ3n) is 4.73. The first-order valence-electron chi connectivity index (χ1n) is 7.78. The normalized spacial score (nSPS) is 19.2. The lowest BCUT2D eigenvalue weighted by Gasteiger charge is -2.23. The minimum absolute atomic E-state index is 0.0910. The summed E-state index contributed by atoms with van der Waals surface area (Å²) in [5.41, 5.74) is 1.23. The number of carbonyl (C=O) groups is 1. The van der Waals surface area contributed by atoms with Crippen molar-refractivity contribution in [3.8, 4) is 0 Å². The van der Waals surface area contributed by atoms with Crippen molar-refractivity contribution >= 4 is 27.3 Å². The molecule has 3 aromatic carbocycles. The number of benzene rings is 3. The van der Waals surface area contributed by atoms with Gasteiger partial charge in [-0.25, -0.2) is 0 Å². The van der Waals surface area contributed by atoms with Gasteiger partial charge in [-0.1, -0.05) is 55.0 Å². The molecule has 3 aromatic rings. The Kier molecular flexibility index (Phi) is 2.99. The second-order valence-corrected chi connectivity index (χ2v) is 6.00. The lowest BCUT2D eigenvalue weighted by atomic mass is 9.80. The lowest BCUT2D eigenvalue weighted by Crippen LogP contribution is -2.17. The molecule has 104 valence electrons. The Labute approximate surface area is 124 Å². The second-order valence-electron chi connectivity index (χ2n) is 6.00. The van der Waals surface area contributed by atoms with Crippen LogP contribution in [0.25, 0.3) is 21.5 Å². The van der Waals surface area contributed by atoms with Crippen LogP contribution in [0.1, 0.15) is 37.2 Å². The van der Waals surface area contributed by atoms with Crippen LogP contribution in [0.3, 0.4) is 0 Å². The minimum Gasteiger partial charge on any atom is -0.299 e. The van der Waals surface area contributed by atoms with Gasteiger partial charge in [-0.15, -0.1) is 0 Å². The van der Waals surface area contributed by atoms with Gasteiger partial charge in [0.25, 0.3) is 0 Å². The smallest absolute Gasteiger partial charge is 0.140 e. The van der Waals surface area contributed by atoms with E-state index >= 15 is 0 Å². The van der Waals surface area contributed by atoms with E-state index in [2.05, 4.69) is 54.6 Å². The zero-order valence-electron chi connectivity index (χ0n) is 12.0. The highest BCUT2D eigenvalue weighted by Gasteiger charge is 2.25. The van der Waals surface area contributed by atoms with Crippen molar-refractivity contribution in [2.45, 2.75) is 31.6 Å². The summed E-state index contributed by atoms with van der Waals surface area (Å²) in [6, 6.07) is 19.2. The van der Waals surface area contributed by atoms with Gasteiger partial charge in [-0.3, -0.25) is 4.79 Å². The van der Waals surface area contributed by atoms with E-state index in [-0.39, 0.29) is 5.92 Å². The summed E-state index contributed by atoms with van der Waals surface area (Å²) < 4.78 is 0. The molecule has 4 rings (SSSR count). The van der Waals surface area contributed by atoms with Crippen molar-refractivity contribution < 1.29 is 4.79 Å².